The molecule has 152 valence electrons. The first-order chi connectivity index (χ1) is 13.2. The van der Waals surface area contributed by atoms with Gasteiger partial charge < -0.3 is 9.64 Å². The van der Waals surface area contributed by atoms with E-state index in [0.29, 0.717) is 0 Å². The normalized spacial score (nSPS) is 11.4. The van der Waals surface area contributed by atoms with Gasteiger partial charge in [-0.1, -0.05) is 56.4 Å². The summed E-state index contributed by atoms with van der Waals surface area (Å²) in [7, 11) is 2.64. The zero-order chi connectivity index (χ0) is 20.9. The number of ether oxygens (including phenoxy) is 1. The summed E-state index contributed by atoms with van der Waals surface area (Å²) >= 11 is 0. The number of aryl methyl sites for hydroxylation is 3. The van der Waals surface area contributed by atoms with Crippen LogP contribution in [0.4, 0.5) is 5.69 Å². The Labute approximate surface area is 171 Å². The lowest BCUT2D eigenvalue weighted by atomic mass is 9.99. The zero-order valence-electron chi connectivity index (χ0n) is 18.6. The molecule has 0 bridgehead atoms. The van der Waals surface area contributed by atoms with Gasteiger partial charge in [0, 0.05) is 26.7 Å². The number of nitrogens with zero attached hydrogens (tertiary/aromatic N) is 1. The smallest absolute Gasteiger partial charge is 0.308 e. The molecule has 4 heteroatoms. The number of rotatable bonds is 8. The van der Waals surface area contributed by atoms with Gasteiger partial charge in [-0.2, -0.15) is 0 Å². The van der Waals surface area contributed by atoms with Crippen LogP contribution in [0, 0.1) is 0 Å². The predicted molar refractivity (Wildman–Crippen MR) is 123 cm³/mol. The molecule has 0 N–H and O–H groups in total. The van der Waals surface area contributed by atoms with E-state index in [4.69, 9.17) is 4.74 Å². The molecule has 0 heterocycles. The first kappa shape index (κ1) is 22.2. The first-order valence-electron chi connectivity index (χ1n) is 10.3. The standard InChI is InChI=1S/C24H35NO2Si/c1-8-20-16-19(17-21(9-2)24(20)27-18(3)26)14-15-28(6,7)23-12-10-22(11-13-23)25(4)5/h10-13,16-17H,8-9,14-15H2,1-7H3. The molecule has 28 heavy (non-hydrogen) atoms. The molecule has 0 saturated carbocycles. The van der Waals surface area contributed by atoms with E-state index in [1.165, 1.54) is 29.4 Å². The minimum absolute atomic E-state index is 0.244. The summed E-state index contributed by atoms with van der Waals surface area (Å²) in [5, 5.41) is 1.50. The Bertz CT molecular complexity index is 785. The van der Waals surface area contributed by atoms with Crippen LogP contribution < -0.4 is 14.8 Å². The van der Waals surface area contributed by atoms with Gasteiger partial charge in [-0.05, 0) is 54.1 Å². The number of esters is 1. The predicted octanol–water partition coefficient (Wildman–Crippen LogP) is 4.96. The lowest BCUT2D eigenvalue weighted by Gasteiger charge is -2.24. The molecule has 0 atom stereocenters. The number of hydrogen-bond acceptors (Lipinski definition) is 3. The van der Waals surface area contributed by atoms with Crippen molar-refractivity contribution in [2.45, 2.75) is 59.2 Å². The molecule has 0 fully saturated rings. The maximum absolute atomic E-state index is 11.5. The summed E-state index contributed by atoms with van der Waals surface area (Å²) in [4.78, 5) is 13.6. The highest BCUT2D eigenvalue weighted by atomic mass is 28.3. The van der Waals surface area contributed by atoms with Crippen LogP contribution in [0.25, 0.3) is 0 Å². The second kappa shape index (κ2) is 9.42. The van der Waals surface area contributed by atoms with Gasteiger partial charge in [0.1, 0.15) is 5.75 Å². The number of anilines is 1. The summed E-state index contributed by atoms with van der Waals surface area (Å²) in [5.41, 5.74) is 4.88. The minimum atomic E-state index is -1.52. The summed E-state index contributed by atoms with van der Waals surface area (Å²) in [6.45, 7) is 10.6. The van der Waals surface area contributed by atoms with Gasteiger partial charge in [0.05, 0.1) is 8.07 Å². The fourth-order valence-electron chi connectivity index (χ4n) is 3.58. The Balaban J connectivity index is 2.21. The van der Waals surface area contributed by atoms with E-state index < -0.39 is 8.07 Å². The lowest BCUT2D eigenvalue weighted by Crippen LogP contribution is -2.41. The largest absolute Gasteiger partial charge is 0.426 e. The average Bonchev–Trinajstić information content (AvgIpc) is 2.66. The second-order valence-corrected chi connectivity index (χ2v) is 13.2. The van der Waals surface area contributed by atoms with Crippen molar-refractivity contribution in [3.63, 3.8) is 0 Å². The summed E-state index contributed by atoms with van der Waals surface area (Å²) in [5.74, 6) is 0.531. The quantitative estimate of drug-likeness (QED) is 0.358. The summed E-state index contributed by atoms with van der Waals surface area (Å²) < 4.78 is 5.52. The Hall–Kier alpha value is -2.07. The fraction of sp³-hybridized carbons (Fsp3) is 0.458. The minimum Gasteiger partial charge on any atom is -0.426 e. The van der Waals surface area contributed by atoms with E-state index in [1.807, 2.05) is 0 Å². The summed E-state index contributed by atoms with van der Waals surface area (Å²) in [6.07, 6.45) is 2.81. The van der Waals surface area contributed by atoms with E-state index in [9.17, 15) is 4.79 Å². The van der Waals surface area contributed by atoms with E-state index in [1.54, 1.807) is 0 Å². The monoisotopic (exact) mass is 397 g/mol. The van der Waals surface area contributed by atoms with Gasteiger partial charge in [0.15, 0.2) is 0 Å². The number of hydrogen-bond donors (Lipinski definition) is 0. The maximum Gasteiger partial charge on any atom is 0.308 e. The van der Waals surface area contributed by atoms with E-state index in [0.717, 1.165) is 36.1 Å². The van der Waals surface area contributed by atoms with Gasteiger partial charge in [0.25, 0.3) is 0 Å². The van der Waals surface area contributed by atoms with Crippen LogP contribution in [0.2, 0.25) is 19.1 Å². The maximum atomic E-state index is 11.5. The molecule has 0 aromatic heterocycles. The van der Waals surface area contributed by atoms with E-state index in [-0.39, 0.29) is 5.97 Å². The third-order valence-electron chi connectivity index (χ3n) is 5.51. The average molecular weight is 398 g/mol. The van der Waals surface area contributed by atoms with Crippen molar-refractivity contribution in [1.29, 1.82) is 0 Å². The van der Waals surface area contributed by atoms with Crippen LogP contribution in [0.5, 0.6) is 5.75 Å². The van der Waals surface area contributed by atoms with Crippen molar-refractivity contribution >= 4 is 24.9 Å². The molecule has 0 aliphatic carbocycles. The fourth-order valence-corrected chi connectivity index (χ4v) is 5.85. The van der Waals surface area contributed by atoms with Crippen molar-refractivity contribution in [3.05, 3.63) is 53.1 Å². The molecule has 0 saturated heterocycles. The van der Waals surface area contributed by atoms with Crippen molar-refractivity contribution in [2.24, 2.45) is 0 Å². The van der Waals surface area contributed by atoms with E-state index >= 15 is 0 Å². The first-order valence-corrected chi connectivity index (χ1v) is 13.5. The van der Waals surface area contributed by atoms with Gasteiger partial charge in [0.2, 0.25) is 0 Å². The molecule has 0 radical (unpaired) electrons. The van der Waals surface area contributed by atoms with Crippen LogP contribution in [-0.2, 0) is 24.1 Å². The molecule has 0 aliphatic heterocycles. The third-order valence-corrected chi connectivity index (χ3v) is 8.91. The van der Waals surface area contributed by atoms with Crippen LogP contribution in [0.3, 0.4) is 0 Å². The van der Waals surface area contributed by atoms with Gasteiger partial charge in [-0.25, -0.2) is 0 Å². The van der Waals surface area contributed by atoms with Crippen molar-refractivity contribution in [2.75, 3.05) is 19.0 Å². The SMILES string of the molecule is CCc1cc(CC[Si](C)(C)c2ccc(N(C)C)cc2)cc(CC)c1OC(C)=O. The number of carbonyl (C=O) groups excluding carboxylic acids is 1. The molecule has 2 aromatic rings. The Morgan fingerprint density at radius 3 is 1.96 bits per heavy atom. The Morgan fingerprint density at radius 2 is 1.54 bits per heavy atom. The van der Waals surface area contributed by atoms with Crippen LogP contribution in [0.1, 0.15) is 37.5 Å². The van der Waals surface area contributed by atoms with E-state index in [2.05, 4.69) is 82.3 Å². The van der Waals surface area contributed by atoms with Gasteiger partial charge in [-0.15, -0.1) is 0 Å². The highest BCUT2D eigenvalue weighted by Crippen LogP contribution is 2.29. The molecular formula is C24H35NO2Si. The van der Waals surface area contributed by atoms with Crippen molar-refractivity contribution in [3.8, 4) is 5.75 Å². The van der Waals surface area contributed by atoms with Crippen molar-refractivity contribution in [1.82, 2.24) is 0 Å². The summed E-state index contributed by atoms with van der Waals surface area (Å²) in [6, 6.07) is 14.7. The topological polar surface area (TPSA) is 29.5 Å². The van der Waals surface area contributed by atoms with Crippen molar-refractivity contribution < 1.29 is 9.53 Å². The molecule has 0 unspecified atom stereocenters. The highest BCUT2D eigenvalue weighted by molar-refractivity contribution is 6.89. The molecule has 2 aromatic carbocycles. The number of benzene rings is 2. The Kier molecular flexibility index (Phi) is 7.47. The van der Waals surface area contributed by atoms with Crippen LogP contribution in [0.15, 0.2) is 36.4 Å². The number of carbonyl (C=O) groups is 1. The van der Waals surface area contributed by atoms with Gasteiger partial charge >= 0.3 is 5.97 Å². The molecular weight excluding hydrogens is 362 g/mol. The Morgan fingerprint density at radius 1 is 1.00 bits per heavy atom. The third kappa shape index (κ3) is 5.48. The lowest BCUT2D eigenvalue weighted by molar-refractivity contribution is -0.132. The van der Waals surface area contributed by atoms with Gasteiger partial charge in [-0.3, -0.25) is 4.79 Å². The van der Waals surface area contributed by atoms with Crippen LogP contribution >= 0.6 is 0 Å². The zero-order valence-corrected chi connectivity index (χ0v) is 19.6. The molecule has 0 spiro atoms. The molecule has 3 nitrogen and oxygen atoms in total. The molecule has 0 amide bonds. The highest BCUT2D eigenvalue weighted by Gasteiger charge is 2.23. The second-order valence-electron chi connectivity index (χ2n) is 8.37. The van der Waals surface area contributed by atoms with Crippen LogP contribution in [-0.4, -0.2) is 28.1 Å². The molecule has 0 aliphatic rings. The molecule has 2 rings (SSSR count).